The van der Waals surface area contributed by atoms with Crippen LogP contribution in [0.5, 0.6) is 11.5 Å². The summed E-state index contributed by atoms with van der Waals surface area (Å²) in [5.74, 6) is -0.307. The fourth-order valence-corrected chi connectivity index (χ4v) is 3.91. The molecule has 0 fully saturated rings. The summed E-state index contributed by atoms with van der Waals surface area (Å²) in [6.07, 6.45) is 0. The molecule has 11 heteroatoms. The van der Waals surface area contributed by atoms with Gasteiger partial charge in [-0.15, -0.1) is 0 Å². The number of methoxy groups -OCH3 is 1. The molecule has 0 radical (unpaired) electrons. The Bertz CT molecular complexity index is 1640. The molecule has 0 heterocycles. The van der Waals surface area contributed by atoms with Crippen LogP contribution in [0.1, 0.15) is 0 Å². The normalized spacial score (nSPS) is 10.6. The van der Waals surface area contributed by atoms with Crippen LogP contribution in [0.2, 0.25) is 0 Å². The van der Waals surface area contributed by atoms with Gasteiger partial charge in [-0.05, 0) is 44.5 Å². The van der Waals surface area contributed by atoms with Crippen molar-refractivity contribution < 1.29 is 24.6 Å². The zero-order chi connectivity index (χ0) is 26.0. The first kappa shape index (κ1) is 23.8. The van der Waals surface area contributed by atoms with Crippen molar-refractivity contribution in [3.05, 3.63) is 109 Å². The number of non-ortho nitro benzene ring substituents is 1. The molecule has 0 spiro atoms. The summed E-state index contributed by atoms with van der Waals surface area (Å²) < 4.78 is 5.38. The zero-order valence-corrected chi connectivity index (χ0v) is 18.7. The van der Waals surface area contributed by atoms with Crippen LogP contribution in [-0.2, 0) is 0 Å². The largest absolute Gasteiger partial charge is 0.497 e. The summed E-state index contributed by atoms with van der Waals surface area (Å²) in [5, 5.41) is 47.8. The third-order valence-electron chi connectivity index (χ3n) is 5.59. The molecule has 0 aliphatic rings. The van der Waals surface area contributed by atoms with E-state index in [0.29, 0.717) is 12.1 Å². The monoisotopic (exact) mass is 487 g/mol. The number of nitro benzene ring substituents is 3. The highest BCUT2D eigenvalue weighted by Crippen LogP contribution is 2.39. The molecule has 0 saturated heterocycles. The van der Waals surface area contributed by atoms with E-state index in [-0.39, 0.29) is 0 Å². The van der Waals surface area contributed by atoms with Gasteiger partial charge in [-0.2, -0.15) is 0 Å². The van der Waals surface area contributed by atoms with Gasteiger partial charge in [0.05, 0.1) is 34.0 Å². The van der Waals surface area contributed by atoms with Crippen molar-refractivity contribution in [2.75, 3.05) is 7.11 Å². The van der Waals surface area contributed by atoms with Crippen molar-refractivity contribution in [1.29, 1.82) is 0 Å². The molecule has 0 unspecified atom stereocenters. The Morgan fingerprint density at radius 3 is 1.75 bits per heavy atom. The van der Waals surface area contributed by atoms with E-state index in [0.717, 1.165) is 5.75 Å². The summed E-state index contributed by atoms with van der Waals surface area (Å²) in [7, 11) is 1.71. The number of ether oxygens (including phenoxy) is 1. The molecule has 0 aliphatic carbocycles. The molecule has 1 N–H and O–H groups in total. The number of benzene rings is 5. The molecule has 0 atom stereocenters. The van der Waals surface area contributed by atoms with Gasteiger partial charge in [0.1, 0.15) is 5.75 Å². The highest BCUT2D eigenvalue weighted by Gasteiger charge is 2.30. The van der Waals surface area contributed by atoms with Crippen LogP contribution in [0.25, 0.3) is 32.3 Å². The maximum absolute atomic E-state index is 10.4. The second-order valence-electron chi connectivity index (χ2n) is 7.64. The topological polar surface area (TPSA) is 159 Å². The third kappa shape index (κ3) is 4.40. The molecule has 5 aromatic rings. The molecular weight excluding hydrogens is 470 g/mol. The number of phenolic OH excluding ortho intramolecular Hbond substituents is 1. The Morgan fingerprint density at radius 2 is 1.19 bits per heavy atom. The van der Waals surface area contributed by atoms with Crippen LogP contribution >= 0.6 is 0 Å². The van der Waals surface area contributed by atoms with Crippen molar-refractivity contribution in [3.8, 4) is 11.5 Å². The highest BCUT2D eigenvalue weighted by atomic mass is 16.6. The predicted molar refractivity (Wildman–Crippen MR) is 134 cm³/mol. The first-order valence-corrected chi connectivity index (χ1v) is 10.4. The van der Waals surface area contributed by atoms with Gasteiger partial charge in [0, 0.05) is 0 Å². The SMILES string of the molecule is COc1ccc2ccc3ccc4ccccc4c3c2c1.O=[N+]([O-])c1cc([N+](=O)[O-])c(O)c([N+](=O)[O-])c1. The lowest BCUT2D eigenvalue weighted by atomic mass is 9.96. The second kappa shape index (κ2) is 9.50. The van der Waals surface area contributed by atoms with Gasteiger partial charge in [0.2, 0.25) is 0 Å². The van der Waals surface area contributed by atoms with Crippen LogP contribution in [0.15, 0.2) is 78.9 Å². The Morgan fingerprint density at radius 1 is 0.667 bits per heavy atom. The van der Waals surface area contributed by atoms with Crippen molar-refractivity contribution in [3.63, 3.8) is 0 Å². The predicted octanol–water partition coefficient (Wildman–Crippen LogP) is 6.27. The average molecular weight is 487 g/mol. The van der Waals surface area contributed by atoms with E-state index >= 15 is 0 Å². The number of aromatic hydroxyl groups is 1. The smallest absolute Gasteiger partial charge is 0.324 e. The summed E-state index contributed by atoms with van der Waals surface area (Å²) in [6, 6.07) is 24.4. The van der Waals surface area contributed by atoms with Crippen molar-refractivity contribution in [2.45, 2.75) is 0 Å². The maximum Gasteiger partial charge on any atom is 0.324 e. The minimum atomic E-state index is -1.21. The summed E-state index contributed by atoms with van der Waals surface area (Å²) in [6.45, 7) is 0. The van der Waals surface area contributed by atoms with Gasteiger partial charge < -0.3 is 9.84 Å². The number of fused-ring (bicyclic) bond motifs is 5. The van der Waals surface area contributed by atoms with E-state index in [9.17, 15) is 30.3 Å². The Labute approximate surface area is 202 Å². The van der Waals surface area contributed by atoms with Crippen LogP contribution in [0.4, 0.5) is 17.1 Å². The molecule has 180 valence electrons. The molecule has 0 aliphatic heterocycles. The lowest BCUT2D eigenvalue weighted by Crippen LogP contribution is -1.97. The van der Waals surface area contributed by atoms with E-state index in [1.807, 2.05) is 6.07 Å². The molecule has 0 bridgehead atoms. The van der Waals surface area contributed by atoms with Crippen molar-refractivity contribution in [2.24, 2.45) is 0 Å². The number of nitro groups is 3. The summed E-state index contributed by atoms with van der Waals surface area (Å²) in [4.78, 5) is 27.8. The Balaban J connectivity index is 0.000000175. The molecule has 5 rings (SSSR count). The van der Waals surface area contributed by atoms with Crippen LogP contribution < -0.4 is 4.74 Å². The second-order valence-corrected chi connectivity index (χ2v) is 7.64. The van der Waals surface area contributed by atoms with Gasteiger partial charge in [0.25, 0.3) is 11.4 Å². The highest BCUT2D eigenvalue weighted by molar-refractivity contribution is 6.20. The fourth-order valence-electron chi connectivity index (χ4n) is 3.91. The van der Waals surface area contributed by atoms with Gasteiger partial charge in [-0.25, -0.2) is 0 Å². The molecular formula is C25H17N3O8. The van der Waals surface area contributed by atoms with Crippen LogP contribution in [0.3, 0.4) is 0 Å². The van der Waals surface area contributed by atoms with Gasteiger partial charge in [0.15, 0.2) is 0 Å². The van der Waals surface area contributed by atoms with E-state index < -0.39 is 37.6 Å². The standard InChI is InChI=1S/C19H14O.C6H3N3O7/c1-20-16-11-10-14-7-9-15-8-6-13-4-2-3-5-17(13)19(15)18(14)12-16;10-6-4(8(13)14)1-3(7(11)12)2-5(6)9(15)16/h2-12H,1H3;1-2,10H. The maximum atomic E-state index is 10.4. The first-order chi connectivity index (χ1) is 17.2. The van der Waals surface area contributed by atoms with E-state index in [4.69, 9.17) is 9.84 Å². The molecule has 5 aromatic carbocycles. The van der Waals surface area contributed by atoms with Crippen LogP contribution in [0, 0.1) is 30.3 Å². The summed E-state index contributed by atoms with van der Waals surface area (Å²) >= 11 is 0. The van der Waals surface area contributed by atoms with E-state index in [1.54, 1.807) is 7.11 Å². The molecule has 0 aromatic heterocycles. The van der Waals surface area contributed by atoms with E-state index in [1.165, 1.54) is 32.3 Å². The van der Waals surface area contributed by atoms with Crippen LogP contribution in [-0.4, -0.2) is 27.0 Å². The minimum absolute atomic E-state index is 0.447. The van der Waals surface area contributed by atoms with E-state index in [2.05, 4.69) is 60.7 Å². The number of rotatable bonds is 4. The molecule has 0 amide bonds. The number of phenols is 1. The fraction of sp³-hybridized carbons (Fsp3) is 0.0400. The lowest BCUT2D eigenvalue weighted by molar-refractivity contribution is -0.404. The van der Waals surface area contributed by atoms with Crippen molar-refractivity contribution in [1.82, 2.24) is 0 Å². The average Bonchev–Trinajstić information content (AvgIpc) is 2.87. The molecule has 0 saturated carbocycles. The summed E-state index contributed by atoms with van der Waals surface area (Å²) in [5.41, 5.74) is -3.00. The van der Waals surface area contributed by atoms with Gasteiger partial charge >= 0.3 is 11.4 Å². The number of hydrogen-bond acceptors (Lipinski definition) is 8. The zero-order valence-electron chi connectivity index (χ0n) is 18.7. The number of hydrogen-bond donors (Lipinski definition) is 1. The van der Waals surface area contributed by atoms with Gasteiger partial charge in [-0.1, -0.05) is 54.6 Å². The third-order valence-corrected chi connectivity index (χ3v) is 5.59. The Kier molecular flexibility index (Phi) is 6.29. The molecule has 36 heavy (non-hydrogen) atoms. The number of nitrogens with zero attached hydrogens (tertiary/aromatic N) is 3. The minimum Gasteiger partial charge on any atom is -0.497 e. The quantitative estimate of drug-likeness (QED) is 0.176. The Hall–Kier alpha value is -5.32. The lowest BCUT2D eigenvalue weighted by Gasteiger charge is -2.09. The first-order valence-electron chi connectivity index (χ1n) is 10.4. The van der Waals surface area contributed by atoms with Crippen molar-refractivity contribution >= 4 is 49.4 Å². The molecule has 11 nitrogen and oxygen atoms in total. The van der Waals surface area contributed by atoms with Gasteiger partial charge in [-0.3, -0.25) is 30.3 Å².